The maximum atomic E-state index is 12.7. The van der Waals surface area contributed by atoms with Gasteiger partial charge in [-0.3, -0.25) is 0 Å². The number of benzene rings is 2. The summed E-state index contributed by atoms with van der Waals surface area (Å²) in [6.07, 6.45) is 0.422. The van der Waals surface area contributed by atoms with E-state index in [1.165, 1.54) is 6.07 Å². The Hall–Kier alpha value is -2.34. The topological polar surface area (TPSA) is 78.5 Å². The summed E-state index contributed by atoms with van der Waals surface area (Å²) in [5.41, 5.74) is 0.324. The first-order valence-corrected chi connectivity index (χ1v) is 8.48. The maximum absolute atomic E-state index is 12.7. The van der Waals surface area contributed by atoms with Crippen molar-refractivity contribution >= 4 is 22.6 Å². The van der Waals surface area contributed by atoms with Crippen molar-refractivity contribution in [3.05, 3.63) is 48.5 Å². The van der Waals surface area contributed by atoms with Crippen molar-refractivity contribution in [2.75, 3.05) is 11.9 Å². The van der Waals surface area contributed by atoms with Gasteiger partial charge >= 0.3 is 0 Å². The molecule has 0 saturated carbocycles. The molecule has 1 unspecified atom stereocenters. The van der Waals surface area contributed by atoms with E-state index in [-0.39, 0.29) is 0 Å². The van der Waals surface area contributed by atoms with Gasteiger partial charge in [0, 0.05) is 16.6 Å². The molecule has 2 rings (SSSR count). The minimum absolute atomic E-state index is 0.324. The average molecular weight is 332 g/mol. The fourth-order valence-corrected chi connectivity index (χ4v) is 3.12. The zero-order valence-corrected chi connectivity index (χ0v) is 13.6. The molecule has 23 heavy (non-hydrogen) atoms. The molecule has 0 spiro atoms. The van der Waals surface area contributed by atoms with Gasteiger partial charge in [-0.2, -0.15) is 0 Å². The predicted molar refractivity (Wildman–Crippen MR) is 87.0 cm³/mol. The van der Waals surface area contributed by atoms with Crippen molar-refractivity contribution in [2.24, 2.45) is 0 Å². The zero-order valence-electron chi connectivity index (χ0n) is 12.8. The SMILES string of the molecule is CCCCOc1cc(NC(=O)[O-])ccc1S(=O)c1ccccc1. The van der Waals surface area contributed by atoms with Gasteiger partial charge in [-0.05, 0) is 30.7 Å². The molecular weight excluding hydrogens is 314 g/mol. The van der Waals surface area contributed by atoms with Crippen LogP contribution in [0.15, 0.2) is 58.3 Å². The highest BCUT2D eigenvalue weighted by Gasteiger charge is 2.14. The van der Waals surface area contributed by atoms with E-state index in [9.17, 15) is 14.1 Å². The van der Waals surface area contributed by atoms with E-state index in [0.29, 0.717) is 27.8 Å². The normalized spacial score (nSPS) is 11.7. The first-order valence-electron chi connectivity index (χ1n) is 7.33. The Bertz CT molecular complexity index is 688. The van der Waals surface area contributed by atoms with Crippen LogP contribution in [0, 0.1) is 0 Å². The van der Waals surface area contributed by atoms with Crippen molar-refractivity contribution < 1.29 is 18.8 Å². The Labute approximate surface area is 137 Å². The molecule has 0 aliphatic carbocycles. The number of unbranched alkanes of at least 4 members (excludes halogenated alkanes) is 1. The van der Waals surface area contributed by atoms with E-state index >= 15 is 0 Å². The van der Waals surface area contributed by atoms with Gasteiger partial charge in [0.2, 0.25) is 0 Å². The highest BCUT2D eigenvalue weighted by Crippen LogP contribution is 2.29. The summed E-state index contributed by atoms with van der Waals surface area (Å²) >= 11 is 0. The predicted octanol–water partition coefficient (Wildman–Crippen LogP) is 2.79. The lowest BCUT2D eigenvalue weighted by molar-refractivity contribution is -0.242. The van der Waals surface area contributed by atoms with Gasteiger partial charge in [0.05, 0.1) is 22.3 Å². The number of carbonyl (C=O) groups excluding carboxylic acids is 1. The van der Waals surface area contributed by atoms with E-state index < -0.39 is 16.9 Å². The van der Waals surface area contributed by atoms with Crippen molar-refractivity contribution in [1.82, 2.24) is 0 Å². The lowest BCUT2D eigenvalue weighted by Crippen LogP contribution is -2.28. The number of ether oxygens (including phenoxy) is 1. The molecule has 1 N–H and O–H groups in total. The standard InChI is InChI=1S/C17H19NO4S/c1-2-3-11-22-15-12-13(18-17(19)20)9-10-16(15)23(21)14-7-5-4-6-8-14/h4-10,12,18H,2-3,11H2,1H3,(H,19,20)/p-1. The van der Waals surface area contributed by atoms with Crippen LogP contribution in [-0.4, -0.2) is 16.9 Å². The van der Waals surface area contributed by atoms with E-state index in [1.54, 1.807) is 24.3 Å². The smallest absolute Gasteiger partial charge is 0.138 e. The molecule has 0 heterocycles. The highest BCUT2D eigenvalue weighted by molar-refractivity contribution is 7.85. The van der Waals surface area contributed by atoms with Gasteiger partial charge < -0.3 is 20.0 Å². The lowest BCUT2D eigenvalue weighted by Gasteiger charge is -2.14. The van der Waals surface area contributed by atoms with Crippen LogP contribution in [0.25, 0.3) is 0 Å². The monoisotopic (exact) mass is 332 g/mol. The maximum Gasteiger partial charge on any atom is 0.138 e. The van der Waals surface area contributed by atoms with Crippen molar-refractivity contribution in [3.63, 3.8) is 0 Å². The number of hydrogen-bond acceptors (Lipinski definition) is 4. The number of hydrogen-bond donors (Lipinski definition) is 1. The second-order valence-electron chi connectivity index (χ2n) is 4.86. The van der Waals surface area contributed by atoms with Crippen molar-refractivity contribution in [2.45, 2.75) is 29.6 Å². The van der Waals surface area contributed by atoms with Gasteiger partial charge in [-0.25, -0.2) is 4.21 Å². The van der Waals surface area contributed by atoms with Gasteiger partial charge in [-0.1, -0.05) is 31.5 Å². The molecule has 6 heteroatoms. The molecule has 0 bridgehead atoms. The van der Waals surface area contributed by atoms with Crippen LogP contribution in [0.1, 0.15) is 19.8 Å². The summed E-state index contributed by atoms with van der Waals surface area (Å²) in [4.78, 5) is 11.8. The quantitative estimate of drug-likeness (QED) is 0.791. The van der Waals surface area contributed by atoms with Crippen LogP contribution in [0.3, 0.4) is 0 Å². The molecule has 0 saturated heterocycles. The largest absolute Gasteiger partial charge is 0.530 e. The fraction of sp³-hybridized carbons (Fsp3) is 0.235. The average Bonchev–Trinajstić information content (AvgIpc) is 2.55. The van der Waals surface area contributed by atoms with Crippen LogP contribution in [0.4, 0.5) is 10.5 Å². The minimum Gasteiger partial charge on any atom is -0.530 e. The fourth-order valence-electron chi connectivity index (χ4n) is 1.97. The van der Waals surface area contributed by atoms with Crippen LogP contribution in [0.2, 0.25) is 0 Å². The molecule has 2 aromatic carbocycles. The number of nitrogens with one attached hydrogen (secondary N) is 1. The van der Waals surface area contributed by atoms with Crippen molar-refractivity contribution in [1.29, 1.82) is 0 Å². The molecular formula is C17H18NO4S-. The molecule has 1 amide bonds. The Morgan fingerprint density at radius 2 is 1.96 bits per heavy atom. The Kier molecular flexibility index (Phi) is 6.17. The van der Waals surface area contributed by atoms with Crippen LogP contribution >= 0.6 is 0 Å². The number of carbonyl (C=O) groups is 1. The summed E-state index contributed by atoms with van der Waals surface area (Å²) < 4.78 is 18.4. The van der Waals surface area contributed by atoms with E-state index in [4.69, 9.17) is 4.74 Å². The summed E-state index contributed by atoms with van der Waals surface area (Å²) in [5.74, 6) is 0.409. The first-order chi connectivity index (χ1) is 11.1. The Morgan fingerprint density at radius 1 is 1.22 bits per heavy atom. The second kappa shape index (κ2) is 8.33. The third kappa shape index (κ3) is 4.82. The molecule has 0 aromatic heterocycles. The molecule has 0 aliphatic rings. The molecule has 122 valence electrons. The van der Waals surface area contributed by atoms with Gasteiger partial charge in [0.1, 0.15) is 11.8 Å². The van der Waals surface area contributed by atoms with Gasteiger partial charge in [-0.15, -0.1) is 0 Å². The number of rotatable bonds is 7. The Morgan fingerprint density at radius 3 is 2.61 bits per heavy atom. The number of carboxylic acid groups (broad SMARTS) is 1. The highest BCUT2D eigenvalue weighted by atomic mass is 32.2. The lowest BCUT2D eigenvalue weighted by atomic mass is 10.3. The molecule has 1 atom stereocenters. The van der Waals surface area contributed by atoms with Crippen molar-refractivity contribution in [3.8, 4) is 5.75 Å². The third-order valence-corrected chi connectivity index (χ3v) is 4.54. The summed E-state index contributed by atoms with van der Waals surface area (Å²) in [6.45, 7) is 2.52. The first kappa shape index (κ1) is 17.0. The van der Waals surface area contributed by atoms with Gasteiger partial charge in [0.25, 0.3) is 0 Å². The van der Waals surface area contributed by atoms with E-state index in [2.05, 4.69) is 5.32 Å². The van der Waals surface area contributed by atoms with Crippen LogP contribution < -0.4 is 15.2 Å². The molecule has 0 fully saturated rings. The number of amides is 1. The third-order valence-electron chi connectivity index (χ3n) is 3.10. The minimum atomic E-state index is -1.40. The molecule has 0 radical (unpaired) electrons. The summed E-state index contributed by atoms with van der Waals surface area (Å²) in [5, 5.41) is 12.8. The molecule has 2 aromatic rings. The van der Waals surface area contributed by atoms with E-state index in [0.717, 1.165) is 12.8 Å². The van der Waals surface area contributed by atoms with Gasteiger partial charge in [0.15, 0.2) is 0 Å². The second-order valence-corrected chi connectivity index (χ2v) is 6.31. The summed E-state index contributed by atoms with van der Waals surface area (Å²) in [7, 11) is -1.40. The molecule has 0 aliphatic heterocycles. The zero-order chi connectivity index (χ0) is 16.7. The number of anilines is 1. The molecule has 5 nitrogen and oxygen atoms in total. The van der Waals surface area contributed by atoms with Crippen LogP contribution in [0.5, 0.6) is 5.75 Å². The summed E-state index contributed by atoms with van der Waals surface area (Å²) in [6, 6.07) is 13.7. The van der Waals surface area contributed by atoms with Crippen LogP contribution in [-0.2, 0) is 10.8 Å². The Balaban J connectivity index is 2.32. The van der Waals surface area contributed by atoms with E-state index in [1.807, 2.05) is 25.1 Å².